The number of ether oxygens (including phenoxy) is 4. The summed E-state index contributed by atoms with van der Waals surface area (Å²) < 4.78 is 47.2. The molecule has 0 spiro atoms. The first kappa shape index (κ1) is 33.6. The summed E-state index contributed by atoms with van der Waals surface area (Å²) in [6, 6.07) is 0. The molecule has 0 aliphatic carbocycles. The minimum Gasteiger partial charge on any atom is -0.479 e. The van der Waals surface area contributed by atoms with E-state index in [1.54, 1.807) is 0 Å². The number of esters is 3. The van der Waals surface area contributed by atoms with Gasteiger partial charge in [0.15, 0.2) is 35.3 Å². The monoisotopic (exact) mass is 632 g/mol. The van der Waals surface area contributed by atoms with Crippen molar-refractivity contribution in [1.82, 2.24) is 24.8 Å². The second-order valence-electron chi connectivity index (χ2n) is 9.20. The van der Waals surface area contributed by atoms with Crippen molar-refractivity contribution in [2.75, 3.05) is 31.8 Å². The molecule has 2 aromatic rings. The van der Waals surface area contributed by atoms with Crippen LogP contribution in [0.2, 0.25) is 0 Å². The third-order valence-electron chi connectivity index (χ3n) is 6.08. The van der Waals surface area contributed by atoms with Crippen molar-refractivity contribution in [3.8, 4) is 0 Å². The zero-order chi connectivity index (χ0) is 32.2. The summed E-state index contributed by atoms with van der Waals surface area (Å²) in [4.78, 5) is 62.3. The molecule has 1 aliphatic heterocycles. The molecule has 0 radical (unpaired) electrons. The number of aryl methyl sites for hydroxylation is 1. The lowest BCUT2D eigenvalue weighted by Crippen LogP contribution is -2.42. The molecule has 1 saturated heterocycles. The number of aliphatic carboxylic acids is 1. The number of carbonyl (C=O) groups is 4. The predicted molar refractivity (Wildman–Crippen MR) is 143 cm³/mol. The van der Waals surface area contributed by atoms with Crippen LogP contribution < -0.4 is 10.5 Å². The number of anilines is 1. The number of hydrogen-bond donors (Lipinski definition) is 1. The predicted octanol–water partition coefficient (Wildman–Crippen LogP) is -0.0381. The van der Waals surface area contributed by atoms with E-state index in [0.29, 0.717) is 0 Å². The quantitative estimate of drug-likeness (QED) is 0.173. The summed E-state index contributed by atoms with van der Waals surface area (Å²) in [5.74, 6) is -5.84. The summed E-state index contributed by atoms with van der Waals surface area (Å²) in [7, 11) is -1.64. The highest BCUT2D eigenvalue weighted by molar-refractivity contribution is 7.55. The summed E-state index contributed by atoms with van der Waals surface area (Å²) in [6.07, 6.45) is -5.38. The third kappa shape index (κ3) is 7.01. The van der Waals surface area contributed by atoms with Crippen LogP contribution in [0.25, 0.3) is 11.0 Å². The molecule has 0 saturated carbocycles. The normalized spacial score (nSPS) is 20.9. The van der Waals surface area contributed by atoms with Gasteiger partial charge in [-0.1, -0.05) is 5.21 Å². The van der Waals surface area contributed by atoms with Crippen LogP contribution in [-0.2, 0) is 58.8 Å². The highest BCUT2D eigenvalue weighted by atomic mass is 31.2. The number of aromatic nitrogens is 5. The van der Waals surface area contributed by atoms with E-state index in [0.717, 1.165) is 35.0 Å². The van der Waals surface area contributed by atoms with Gasteiger partial charge in [-0.15, -0.1) is 5.10 Å². The third-order valence-corrected chi connectivity index (χ3v) is 8.48. The highest BCUT2D eigenvalue weighted by Crippen LogP contribution is 2.54. The molecule has 2 aromatic heterocycles. The van der Waals surface area contributed by atoms with Crippen LogP contribution in [0.1, 0.15) is 40.8 Å². The molecule has 3 rings (SSSR count). The Morgan fingerprint density at radius 3 is 2.14 bits per heavy atom. The van der Waals surface area contributed by atoms with Gasteiger partial charge in [0.2, 0.25) is 5.78 Å². The number of nitrogens with zero attached hydrogens (tertiary/aromatic N) is 6. The second kappa shape index (κ2) is 13.6. The largest absolute Gasteiger partial charge is 0.479 e. The Kier molecular flexibility index (Phi) is 10.6. The first-order valence-corrected chi connectivity index (χ1v) is 14.6. The molecular formula is C23H33N6O13P. The Labute approximate surface area is 244 Å². The Bertz CT molecular complexity index is 1480. The summed E-state index contributed by atoms with van der Waals surface area (Å²) >= 11 is 0. The van der Waals surface area contributed by atoms with Gasteiger partial charge in [-0.25, -0.2) is 4.79 Å². The maximum absolute atomic E-state index is 13.8. The minimum atomic E-state index is -4.28. The topological polar surface area (TPSA) is 230 Å². The highest BCUT2D eigenvalue weighted by Gasteiger charge is 2.52. The first-order valence-electron chi connectivity index (χ1n) is 13.0. The van der Waals surface area contributed by atoms with Crippen LogP contribution in [0.15, 0.2) is 4.79 Å². The Morgan fingerprint density at radius 1 is 1.05 bits per heavy atom. The molecule has 5 atom stereocenters. The summed E-state index contributed by atoms with van der Waals surface area (Å²) in [5, 5.41) is 22.2. The minimum absolute atomic E-state index is 0.111. The zero-order valence-electron chi connectivity index (χ0n) is 24.5. The Balaban J connectivity index is 2.14. The van der Waals surface area contributed by atoms with E-state index >= 15 is 0 Å². The summed E-state index contributed by atoms with van der Waals surface area (Å²) in [5.41, 5.74) is -1.24. The van der Waals surface area contributed by atoms with Crippen molar-refractivity contribution in [3.05, 3.63) is 10.4 Å². The molecular weight excluding hydrogens is 599 g/mol. The van der Waals surface area contributed by atoms with E-state index in [9.17, 15) is 33.6 Å². The lowest BCUT2D eigenvalue weighted by Gasteiger charge is -2.30. The average Bonchev–Trinajstić information content (AvgIpc) is 3.40. The number of rotatable bonds is 13. The molecule has 0 amide bonds. The van der Waals surface area contributed by atoms with E-state index in [2.05, 4.69) is 15.4 Å². The number of carboxylic acid groups (broad SMARTS) is 1. The van der Waals surface area contributed by atoms with Gasteiger partial charge >= 0.3 is 31.5 Å². The van der Waals surface area contributed by atoms with E-state index in [1.807, 2.05) is 0 Å². The van der Waals surface area contributed by atoms with Gasteiger partial charge in [0.05, 0.1) is 13.2 Å². The van der Waals surface area contributed by atoms with Crippen molar-refractivity contribution in [3.63, 3.8) is 0 Å². The molecule has 1 fully saturated rings. The zero-order valence-corrected chi connectivity index (χ0v) is 25.4. The lowest BCUT2D eigenvalue weighted by molar-refractivity contribution is -0.166. The fraction of sp³-hybridized carbons (Fsp3) is 0.652. The number of carbonyl (C=O) groups excluding carboxylic acids is 3. The molecule has 19 nitrogen and oxygen atoms in total. The maximum atomic E-state index is 13.8. The number of fused-ring (bicyclic) bond motifs is 1. The molecule has 20 heteroatoms. The van der Waals surface area contributed by atoms with Crippen molar-refractivity contribution in [1.29, 1.82) is 0 Å². The number of carboxylic acids is 1. The van der Waals surface area contributed by atoms with Crippen molar-refractivity contribution in [2.24, 2.45) is 7.05 Å². The van der Waals surface area contributed by atoms with Crippen LogP contribution in [-0.4, -0.2) is 105 Å². The average molecular weight is 633 g/mol. The molecule has 238 valence electrons. The van der Waals surface area contributed by atoms with E-state index in [-0.39, 0.29) is 30.1 Å². The van der Waals surface area contributed by atoms with Crippen molar-refractivity contribution in [2.45, 2.75) is 64.9 Å². The van der Waals surface area contributed by atoms with Crippen molar-refractivity contribution >= 4 is 48.3 Å². The van der Waals surface area contributed by atoms with Gasteiger partial charge in [0.1, 0.15) is 12.7 Å². The lowest BCUT2D eigenvalue weighted by atomic mass is 10.1. The standard InChI is InChI=1S/C23H33N6O13P/c1-8-38-43(36,39-9-2)22(23(34)35)27(6)19-15-16(28(7)25-19)20(33)29(26-24-15)21-18(41-13(5)32)17(40-12(4)31)14(42-21)10-37-11(3)30/h14,17-18,21-22H,8-10H2,1-7H3,(H,34,35). The van der Waals surface area contributed by atoms with Gasteiger partial charge in [-0.3, -0.25) is 28.4 Å². The maximum Gasteiger partial charge on any atom is 0.364 e. The molecule has 5 unspecified atom stereocenters. The van der Waals surface area contributed by atoms with Crippen LogP contribution in [0.4, 0.5) is 5.82 Å². The SMILES string of the molecule is CCOP(=O)(OCC)C(C(=O)O)N(C)c1nn(C)c2c(=O)n(C3OC(COC(C)=O)C(OC(C)=O)C3OC(C)=O)nnc12. The molecule has 0 aromatic carbocycles. The Morgan fingerprint density at radius 2 is 1.63 bits per heavy atom. The van der Waals surface area contributed by atoms with Crippen molar-refractivity contribution < 1.29 is 56.8 Å². The molecule has 0 bridgehead atoms. The number of hydrogen-bond acceptors (Lipinski definition) is 16. The van der Waals surface area contributed by atoms with E-state index in [1.165, 1.54) is 27.9 Å². The summed E-state index contributed by atoms with van der Waals surface area (Å²) in [6.45, 7) is 5.74. The van der Waals surface area contributed by atoms with Gasteiger partial charge < -0.3 is 38.0 Å². The fourth-order valence-corrected chi connectivity index (χ4v) is 6.41. The fourth-order valence-electron chi connectivity index (χ4n) is 4.53. The van der Waals surface area contributed by atoms with Gasteiger partial charge in [0, 0.05) is 34.9 Å². The van der Waals surface area contributed by atoms with Crippen LogP contribution in [0, 0.1) is 0 Å². The molecule has 1 aliphatic rings. The van der Waals surface area contributed by atoms with E-state index < -0.39 is 74.0 Å². The van der Waals surface area contributed by atoms with Gasteiger partial charge in [-0.2, -0.15) is 9.78 Å². The van der Waals surface area contributed by atoms with Crippen LogP contribution in [0.3, 0.4) is 0 Å². The van der Waals surface area contributed by atoms with Gasteiger partial charge in [-0.05, 0) is 13.8 Å². The van der Waals surface area contributed by atoms with E-state index in [4.69, 9.17) is 28.0 Å². The number of likely N-dealkylation sites (N-methyl/N-ethyl adjacent to an activating group) is 1. The first-order chi connectivity index (χ1) is 20.2. The molecule has 43 heavy (non-hydrogen) atoms. The van der Waals surface area contributed by atoms with Crippen LogP contribution >= 0.6 is 7.60 Å². The Hall–Kier alpha value is -3.93. The second-order valence-corrected chi connectivity index (χ2v) is 11.3. The van der Waals surface area contributed by atoms with Gasteiger partial charge in [0.25, 0.3) is 5.56 Å². The molecule has 1 N–H and O–H groups in total. The molecule has 3 heterocycles. The van der Waals surface area contributed by atoms with Crippen LogP contribution in [0.5, 0.6) is 0 Å². The smallest absolute Gasteiger partial charge is 0.364 e.